The Morgan fingerprint density at radius 2 is 2.14 bits per heavy atom. The van der Waals surface area contributed by atoms with Crippen LogP contribution in [0.4, 0.5) is 5.69 Å². The first kappa shape index (κ1) is 14.3. The molecular weight excluding hydrogens is 276 g/mol. The van der Waals surface area contributed by atoms with Gasteiger partial charge < -0.3 is 5.32 Å². The third-order valence-corrected chi connectivity index (χ3v) is 3.35. The van der Waals surface area contributed by atoms with Crippen LogP contribution in [0.3, 0.4) is 0 Å². The summed E-state index contributed by atoms with van der Waals surface area (Å²) in [5, 5.41) is 10.8. The van der Waals surface area contributed by atoms with Crippen LogP contribution in [0.5, 0.6) is 0 Å². The molecule has 2 aromatic heterocycles. The van der Waals surface area contributed by atoms with Crippen molar-refractivity contribution in [3.05, 3.63) is 54.0 Å². The number of fused-ring (bicyclic) bond motifs is 1. The number of aromatic amines is 1. The van der Waals surface area contributed by atoms with Gasteiger partial charge in [0.05, 0.1) is 5.52 Å². The van der Waals surface area contributed by atoms with Crippen molar-refractivity contribution in [2.75, 3.05) is 5.32 Å². The van der Waals surface area contributed by atoms with Crippen LogP contribution >= 0.6 is 0 Å². The maximum absolute atomic E-state index is 12.2. The van der Waals surface area contributed by atoms with E-state index in [0.29, 0.717) is 11.6 Å². The van der Waals surface area contributed by atoms with Crippen LogP contribution in [-0.2, 0) is 6.42 Å². The van der Waals surface area contributed by atoms with Crippen molar-refractivity contribution in [2.45, 2.75) is 20.3 Å². The predicted octanol–water partition coefficient (Wildman–Crippen LogP) is 3.41. The lowest BCUT2D eigenvalue weighted by Gasteiger charge is -2.04. The average molecular weight is 294 g/mol. The highest BCUT2D eigenvalue weighted by Crippen LogP contribution is 2.17. The molecule has 0 saturated heterocycles. The summed E-state index contributed by atoms with van der Waals surface area (Å²) in [6.45, 7) is 4.26. The Bertz CT molecular complexity index is 807. The molecule has 1 aromatic carbocycles. The Balaban J connectivity index is 1.76. The van der Waals surface area contributed by atoms with Gasteiger partial charge in [-0.05, 0) is 42.7 Å². The minimum atomic E-state index is -0.213. The van der Waals surface area contributed by atoms with E-state index in [0.717, 1.165) is 28.7 Å². The third kappa shape index (κ3) is 3.14. The molecule has 112 valence electrons. The Morgan fingerprint density at radius 1 is 1.27 bits per heavy atom. The van der Waals surface area contributed by atoms with Crippen LogP contribution < -0.4 is 5.32 Å². The number of nitrogens with zero attached hydrogens (tertiary/aromatic N) is 2. The monoisotopic (exact) mass is 294 g/mol. The molecule has 0 aliphatic heterocycles. The lowest BCUT2D eigenvalue weighted by Crippen LogP contribution is -2.12. The fraction of sp³-hybridized carbons (Fsp3) is 0.235. The zero-order valence-electron chi connectivity index (χ0n) is 12.6. The molecule has 2 heterocycles. The predicted molar refractivity (Wildman–Crippen MR) is 86.8 cm³/mol. The van der Waals surface area contributed by atoms with Crippen LogP contribution in [-0.4, -0.2) is 21.1 Å². The lowest BCUT2D eigenvalue weighted by molar-refractivity contribution is 0.102. The van der Waals surface area contributed by atoms with E-state index in [1.807, 2.05) is 30.3 Å². The maximum Gasteiger partial charge on any atom is 0.276 e. The van der Waals surface area contributed by atoms with Crippen molar-refractivity contribution in [3.8, 4) is 0 Å². The number of carbonyl (C=O) groups excluding carboxylic acids is 1. The molecular formula is C17H18N4O. The number of amides is 1. The minimum Gasteiger partial charge on any atom is -0.321 e. The smallest absolute Gasteiger partial charge is 0.276 e. The van der Waals surface area contributed by atoms with E-state index < -0.39 is 0 Å². The number of hydrogen-bond donors (Lipinski definition) is 2. The molecule has 0 aliphatic carbocycles. The van der Waals surface area contributed by atoms with Crippen molar-refractivity contribution in [1.82, 2.24) is 15.2 Å². The second kappa shape index (κ2) is 5.97. The van der Waals surface area contributed by atoms with Gasteiger partial charge in [-0.2, -0.15) is 5.10 Å². The fourth-order valence-electron chi connectivity index (χ4n) is 2.37. The van der Waals surface area contributed by atoms with E-state index in [1.165, 1.54) is 0 Å². The molecule has 3 aromatic rings. The Kier molecular flexibility index (Phi) is 3.87. The summed E-state index contributed by atoms with van der Waals surface area (Å²) in [6, 6.07) is 11.3. The van der Waals surface area contributed by atoms with E-state index >= 15 is 0 Å². The van der Waals surface area contributed by atoms with Gasteiger partial charge in [0.2, 0.25) is 0 Å². The maximum atomic E-state index is 12.2. The molecule has 0 bridgehead atoms. The van der Waals surface area contributed by atoms with Gasteiger partial charge in [-0.1, -0.05) is 19.9 Å². The van der Waals surface area contributed by atoms with Gasteiger partial charge in [0.1, 0.15) is 0 Å². The van der Waals surface area contributed by atoms with Crippen molar-refractivity contribution in [1.29, 1.82) is 0 Å². The molecule has 2 N–H and O–H groups in total. The molecule has 5 heteroatoms. The third-order valence-electron chi connectivity index (χ3n) is 3.35. The molecule has 0 spiro atoms. The van der Waals surface area contributed by atoms with E-state index in [2.05, 4.69) is 34.3 Å². The number of nitrogens with one attached hydrogen (secondary N) is 2. The number of anilines is 1. The highest BCUT2D eigenvalue weighted by Gasteiger charge is 2.11. The van der Waals surface area contributed by atoms with Crippen LogP contribution in [0.1, 0.15) is 30.0 Å². The summed E-state index contributed by atoms with van der Waals surface area (Å²) in [6.07, 6.45) is 2.63. The first-order valence-corrected chi connectivity index (χ1v) is 7.32. The average Bonchev–Trinajstić information content (AvgIpc) is 2.95. The topological polar surface area (TPSA) is 70.7 Å². The van der Waals surface area contributed by atoms with Crippen molar-refractivity contribution >= 4 is 22.5 Å². The van der Waals surface area contributed by atoms with E-state index in [4.69, 9.17) is 0 Å². The number of pyridine rings is 1. The van der Waals surface area contributed by atoms with Crippen LogP contribution in [0.25, 0.3) is 10.9 Å². The van der Waals surface area contributed by atoms with Gasteiger partial charge >= 0.3 is 0 Å². The zero-order valence-corrected chi connectivity index (χ0v) is 12.6. The van der Waals surface area contributed by atoms with Gasteiger partial charge in [0.15, 0.2) is 5.69 Å². The van der Waals surface area contributed by atoms with Crippen LogP contribution in [0, 0.1) is 5.92 Å². The Morgan fingerprint density at radius 3 is 2.95 bits per heavy atom. The number of hydrogen-bond acceptors (Lipinski definition) is 3. The molecule has 0 aliphatic rings. The SMILES string of the molecule is CC(C)Cc1cc(C(=O)Nc2ccc3ncccc3c2)n[nH]1. The van der Waals surface area contributed by atoms with Gasteiger partial charge in [-0.3, -0.25) is 14.9 Å². The number of benzene rings is 1. The van der Waals surface area contributed by atoms with Crippen molar-refractivity contribution < 1.29 is 4.79 Å². The van der Waals surface area contributed by atoms with Crippen molar-refractivity contribution in [2.24, 2.45) is 5.92 Å². The second-order valence-electron chi connectivity index (χ2n) is 5.74. The molecule has 5 nitrogen and oxygen atoms in total. The second-order valence-corrected chi connectivity index (χ2v) is 5.74. The Hall–Kier alpha value is -2.69. The first-order valence-electron chi connectivity index (χ1n) is 7.32. The molecule has 0 fully saturated rings. The molecule has 1 amide bonds. The van der Waals surface area contributed by atoms with Crippen LogP contribution in [0.2, 0.25) is 0 Å². The summed E-state index contributed by atoms with van der Waals surface area (Å²) in [5.74, 6) is 0.304. The summed E-state index contributed by atoms with van der Waals surface area (Å²) in [4.78, 5) is 16.5. The highest BCUT2D eigenvalue weighted by atomic mass is 16.1. The molecule has 0 unspecified atom stereocenters. The normalized spacial score (nSPS) is 11.0. The largest absolute Gasteiger partial charge is 0.321 e. The fourth-order valence-corrected chi connectivity index (χ4v) is 2.37. The minimum absolute atomic E-state index is 0.213. The van der Waals surface area contributed by atoms with Gasteiger partial charge in [-0.25, -0.2) is 0 Å². The van der Waals surface area contributed by atoms with E-state index in [-0.39, 0.29) is 5.91 Å². The van der Waals surface area contributed by atoms with Gasteiger partial charge in [0.25, 0.3) is 5.91 Å². The summed E-state index contributed by atoms with van der Waals surface area (Å²) in [5.41, 5.74) is 3.02. The van der Waals surface area contributed by atoms with Gasteiger partial charge in [-0.15, -0.1) is 0 Å². The summed E-state index contributed by atoms with van der Waals surface area (Å²) < 4.78 is 0. The lowest BCUT2D eigenvalue weighted by atomic mass is 10.1. The standard InChI is InChI=1S/C17H18N4O/c1-11(2)8-14-10-16(21-20-14)17(22)19-13-5-6-15-12(9-13)4-3-7-18-15/h3-7,9-11H,8H2,1-2H3,(H,19,22)(H,20,21). The van der Waals surface area contributed by atoms with Gasteiger partial charge in [0, 0.05) is 23.0 Å². The van der Waals surface area contributed by atoms with Crippen LogP contribution in [0.15, 0.2) is 42.6 Å². The first-order chi connectivity index (χ1) is 10.6. The molecule has 0 atom stereocenters. The quantitative estimate of drug-likeness (QED) is 0.774. The number of H-pyrrole nitrogens is 1. The Labute approximate surface area is 128 Å². The number of aromatic nitrogens is 3. The van der Waals surface area contributed by atoms with E-state index in [9.17, 15) is 4.79 Å². The van der Waals surface area contributed by atoms with E-state index in [1.54, 1.807) is 12.3 Å². The molecule has 0 saturated carbocycles. The number of carbonyl (C=O) groups is 1. The molecule has 0 radical (unpaired) electrons. The number of rotatable bonds is 4. The zero-order chi connectivity index (χ0) is 15.5. The molecule has 3 rings (SSSR count). The summed E-state index contributed by atoms with van der Waals surface area (Å²) >= 11 is 0. The molecule has 22 heavy (non-hydrogen) atoms. The highest BCUT2D eigenvalue weighted by molar-refractivity contribution is 6.03. The van der Waals surface area contributed by atoms with Crippen molar-refractivity contribution in [3.63, 3.8) is 0 Å². The summed E-state index contributed by atoms with van der Waals surface area (Å²) in [7, 11) is 0.